The van der Waals surface area contributed by atoms with Crippen LogP contribution in [0.2, 0.25) is 0 Å². The van der Waals surface area contributed by atoms with Crippen molar-refractivity contribution in [1.82, 2.24) is 9.80 Å². The van der Waals surface area contributed by atoms with Crippen molar-refractivity contribution in [2.45, 2.75) is 19.9 Å². The fourth-order valence-corrected chi connectivity index (χ4v) is 2.70. The van der Waals surface area contributed by atoms with Crippen LogP contribution in [-0.2, 0) is 10.0 Å². The molecule has 1 heterocycles. The zero-order chi connectivity index (χ0) is 16.3. The molecule has 0 aliphatic carbocycles. The van der Waals surface area contributed by atoms with Crippen LogP contribution in [0.4, 0.5) is 5.69 Å². The predicted molar refractivity (Wildman–Crippen MR) is 94.2 cm³/mol. The van der Waals surface area contributed by atoms with E-state index >= 15 is 0 Å². The van der Waals surface area contributed by atoms with E-state index in [1.807, 2.05) is 17.3 Å². The van der Waals surface area contributed by atoms with Crippen LogP contribution >= 0.6 is 12.4 Å². The van der Waals surface area contributed by atoms with Crippen molar-refractivity contribution < 1.29 is 13.2 Å². The second kappa shape index (κ2) is 7.70. The zero-order valence-electron chi connectivity index (χ0n) is 13.4. The second-order valence-corrected chi connectivity index (χ2v) is 7.42. The van der Waals surface area contributed by atoms with Gasteiger partial charge in [0.2, 0.25) is 10.0 Å². The Morgan fingerprint density at radius 2 is 1.83 bits per heavy atom. The Labute approximate surface area is 143 Å². The molecule has 6 nitrogen and oxygen atoms in total. The third-order valence-electron chi connectivity index (χ3n) is 3.33. The predicted octanol–water partition coefficient (Wildman–Crippen LogP) is 2.12. The van der Waals surface area contributed by atoms with E-state index in [1.54, 1.807) is 24.3 Å². The van der Waals surface area contributed by atoms with E-state index in [0.717, 1.165) is 6.26 Å². The molecule has 1 aliphatic rings. The quantitative estimate of drug-likeness (QED) is 0.788. The summed E-state index contributed by atoms with van der Waals surface area (Å²) in [6.07, 6.45) is 4.99. The highest BCUT2D eigenvalue weighted by Crippen LogP contribution is 2.14. The van der Waals surface area contributed by atoms with Gasteiger partial charge in [-0.3, -0.25) is 9.52 Å². The Kier molecular flexibility index (Phi) is 6.47. The minimum Gasteiger partial charge on any atom is -0.356 e. The number of sulfonamides is 1. The van der Waals surface area contributed by atoms with E-state index < -0.39 is 10.0 Å². The SMILES string of the molecule is CC(C)N1C=CN(CC(=O)c2ccc(NS(C)(=O)=O)cc2)C1.Cl. The lowest BCUT2D eigenvalue weighted by Crippen LogP contribution is -2.32. The molecule has 0 amide bonds. The van der Waals surface area contributed by atoms with Gasteiger partial charge in [0.1, 0.15) is 0 Å². The standard InChI is InChI=1S/C15H21N3O3S.ClH/c1-12(2)18-9-8-17(11-18)10-15(19)13-4-6-14(7-5-13)16-22(3,20)21;/h4-9,12,16H,10-11H2,1-3H3;1H. The number of Topliss-reactive ketones (excluding diaryl/α,β-unsaturated/α-hetero) is 1. The van der Waals surface area contributed by atoms with Crippen LogP contribution < -0.4 is 4.72 Å². The van der Waals surface area contributed by atoms with Gasteiger partial charge in [0.25, 0.3) is 0 Å². The first-order valence-electron chi connectivity index (χ1n) is 7.04. The normalized spacial score (nSPS) is 14.1. The highest BCUT2D eigenvalue weighted by Gasteiger charge is 2.17. The topological polar surface area (TPSA) is 69.7 Å². The van der Waals surface area contributed by atoms with Gasteiger partial charge in [-0.25, -0.2) is 8.42 Å². The molecule has 1 aromatic rings. The summed E-state index contributed by atoms with van der Waals surface area (Å²) in [6.45, 7) is 5.21. The number of benzene rings is 1. The summed E-state index contributed by atoms with van der Waals surface area (Å²) in [5, 5.41) is 0. The Morgan fingerprint density at radius 1 is 1.22 bits per heavy atom. The van der Waals surface area contributed by atoms with Gasteiger partial charge in [-0.1, -0.05) is 0 Å². The van der Waals surface area contributed by atoms with Crippen LogP contribution in [0, 0.1) is 0 Å². The average Bonchev–Trinajstić information content (AvgIpc) is 2.86. The van der Waals surface area contributed by atoms with Gasteiger partial charge < -0.3 is 9.80 Å². The van der Waals surface area contributed by atoms with E-state index in [1.165, 1.54) is 0 Å². The van der Waals surface area contributed by atoms with Crippen LogP contribution in [0.1, 0.15) is 24.2 Å². The van der Waals surface area contributed by atoms with Crippen molar-refractivity contribution in [1.29, 1.82) is 0 Å². The van der Waals surface area contributed by atoms with E-state index in [0.29, 0.717) is 30.5 Å². The number of nitrogens with one attached hydrogen (secondary N) is 1. The Hall–Kier alpha value is -1.73. The first-order chi connectivity index (χ1) is 10.2. The molecular formula is C15H22ClN3O3S. The molecule has 8 heteroatoms. The number of anilines is 1. The molecule has 0 aromatic heterocycles. The first kappa shape index (κ1) is 19.3. The number of rotatable bonds is 6. The lowest BCUT2D eigenvalue weighted by atomic mass is 10.1. The Morgan fingerprint density at radius 3 is 2.30 bits per heavy atom. The van der Waals surface area contributed by atoms with Crippen molar-refractivity contribution in [3.63, 3.8) is 0 Å². The van der Waals surface area contributed by atoms with Crippen LogP contribution in [0.5, 0.6) is 0 Å². The first-order valence-corrected chi connectivity index (χ1v) is 8.93. The lowest BCUT2D eigenvalue weighted by Gasteiger charge is -2.23. The number of ketones is 1. The summed E-state index contributed by atoms with van der Waals surface area (Å²) in [4.78, 5) is 16.3. The van der Waals surface area contributed by atoms with Gasteiger partial charge in [0.15, 0.2) is 5.78 Å². The van der Waals surface area contributed by atoms with Gasteiger partial charge in [-0.2, -0.15) is 0 Å². The molecule has 0 fully saturated rings. The number of halogens is 1. The zero-order valence-corrected chi connectivity index (χ0v) is 15.0. The summed E-state index contributed by atoms with van der Waals surface area (Å²) >= 11 is 0. The van der Waals surface area contributed by atoms with E-state index in [4.69, 9.17) is 0 Å². The number of carbonyl (C=O) groups excluding carboxylic acids is 1. The minimum absolute atomic E-state index is 0. The summed E-state index contributed by atoms with van der Waals surface area (Å²) in [5.41, 5.74) is 1.02. The van der Waals surface area contributed by atoms with E-state index in [9.17, 15) is 13.2 Å². The minimum atomic E-state index is -3.30. The summed E-state index contributed by atoms with van der Waals surface area (Å²) < 4.78 is 24.6. The molecule has 23 heavy (non-hydrogen) atoms. The number of nitrogens with zero attached hydrogens (tertiary/aromatic N) is 2. The second-order valence-electron chi connectivity index (χ2n) is 5.67. The van der Waals surface area contributed by atoms with Crippen molar-refractivity contribution in [2.24, 2.45) is 0 Å². The van der Waals surface area contributed by atoms with Gasteiger partial charge >= 0.3 is 0 Å². The molecule has 1 N–H and O–H groups in total. The van der Waals surface area contributed by atoms with Crippen LogP contribution in [0.25, 0.3) is 0 Å². The van der Waals surface area contributed by atoms with Crippen molar-refractivity contribution in [2.75, 3.05) is 24.2 Å². The van der Waals surface area contributed by atoms with Crippen LogP contribution in [0.3, 0.4) is 0 Å². The summed E-state index contributed by atoms with van der Waals surface area (Å²) in [5.74, 6) is 0.00108. The maximum absolute atomic E-state index is 12.2. The highest BCUT2D eigenvalue weighted by molar-refractivity contribution is 7.92. The number of hydrogen-bond donors (Lipinski definition) is 1. The number of carbonyl (C=O) groups is 1. The number of hydrogen-bond acceptors (Lipinski definition) is 5. The van der Waals surface area contributed by atoms with Gasteiger partial charge in [-0.15, -0.1) is 12.4 Å². The molecule has 0 radical (unpaired) electrons. The molecule has 0 saturated heterocycles. The van der Waals surface area contributed by atoms with E-state index in [2.05, 4.69) is 23.5 Å². The lowest BCUT2D eigenvalue weighted by molar-refractivity contribution is 0.0940. The highest BCUT2D eigenvalue weighted by atomic mass is 35.5. The van der Waals surface area contributed by atoms with Crippen LogP contribution in [-0.4, -0.2) is 49.5 Å². The van der Waals surface area contributed by atoms with Gasteiger partial charge in [0, 0.05) is 29.7 Å². The van der Waals surface area contributed by atoms with Crippen LogP contribution in [0.15, 0.2) is 36.7 Å². The maximum Gasteiger partial charge on any atom is 0.229 e. The van der Waals surface area contributed by atoms with Crippen molar-refractivity contribution in [3.05, 3.63) is 42.2 Å². The molecule has 1 aliphatic heterocycles. The fourth-order valence-electron chi connectivity index (χ4n) is 2.14. The summed E-state index contributed by atoms with van der Waals surface area (Å²) in [6, 6.07) is 6.85. The maximum atomic E-state index is 12.2. The smallest absolute Gasteiger partial charge is 0.229 e. The molecule has 2 rings (SSSR count). The molecule has 0 saturated carbocycles. The molecule has 0 bridgehead atoms. The molecule has 1 aromatic carbocycles. The third-order valence-corrected chi connectivity index (χ3v) is 3.94. The molecule has 128 valence electrons. The summed E-state index contributed by atoms with van der Waals surface area (Å²) in [7, 11) is -3.30. The van der Waals surface area contributed by atoms with E-state index in [-0.39, 0.29) is 18.2 Å². The average molecular weight is 360 g/mol. The third kappa shape index (κ3) is 5.76. The van der Waals surface area contributed by atoms with Crippen molar-refractivity contribution in [3.8, 4) is 0 Å². The molecule has 0 spiro atoms. The molecular weight excluding hydrogens is 338 g/mol. The van der Waals surface area contributed by atoms with Gasteiger partial charge in [0.05, 0.1) is 19.5 Å². The van der Waals surface area contributed by atoms with Crippen molar-refractivity contribution >= 4 is 33.9 Å². The Bertz CT molecular complexity index is 672. The fraction of sp³-hybridized carbons (Fsp3) is 0.400. The van der Waals surface area contributed by atoms with Gasteiger partial charge in [-0.05, 0) is 38.1 Å². The molecule has 0 unspecified atom stereocenters. The Balaban J connectivity index is 0.00000264. The largest absolute Gasteiger partial charge is 0.356 e. The monoisotopic (exact) mass is 359 g/mol. The molecule has 0 atom stereocenters.